The maximum absolute atomic E-state index is 12.7. The van der Waals surface area contributed by atoms with Crippen LogP contribution >= 0.6 is 0 Å². The van der Waals surface area contributed by atoms with Gasteiger partial charge in [0.2, 0.25) is 0 Å². The Morgan fingerprint density at radius 3 is 2.71 bits per heavy atom. The number of rotatable bonds is 4. The SMILES string of the molecule is COc1cccc(C(=O)[C@H]2N=NC[C@@H]2c2ccccc2)c1. The highest BCUT2D eigenvalue weighted by Crippen LogP contribution is 2.30. The summed E-state index contributed by atoms with van der Waals surface area (Å²) in [5.41, 5.74) is 1.71. The van der Waals surface area contributed by atoms with E-state index in [0.717, 1.165) is 5.56 Å². The molecule has 0 radical (unpaired) electrons. The van der Waals surface area contributed by atoms with Gasteiger partial charge in [-0.1, -0.05) is 42.5 Å². The van der Waals surface area contributed by atoms with Crippen LogP contribution in [0.4, 0.5) is 0 Å². The van der Waals surface area contributed by atoms with Crippen molar-refractivity contribution in [3.05, 3.63) is 65.7 Å². The molecule has 1 aliphatic rings. The predicted octanol–water partition coefficient (Wildman–Crippen LogP) is 3.50. The highest BCUT2D eigenvalue weighted by Gasteiger charge is 2.33. The fourth-order valence-corrected chi connectivity index (χ4v) is 2.57. The lowest BCUT2D eigenvalue weighted by Gasteiger charge is -2.16. The van der Waals surface area contributed by atoms with E-state index in [4.69, 9.17) is 4.74 Å². The highest BCUT2D eigenvalue weighted by atomic mass is 16.5. The number of methoxy groups -OCH3 is 1. The Hall–Kier alpha value is -2.49. The van der Waals surface area contributed by atoms with Crippen molar-refractivity contribution in [1.82, 2.24) is 0 Å². The zero-order chi connectivity index (χ0) is 14.7. The first-order chi connectivity index (χ1) is 10.3. The number of Topliss-reactive ketones (excluding diaryl/α,β-unsaturated/α-hetero) is 1. The average Bonchev–Trinajstić information content (AvgIpc) is 3.04. The van der Waals surface area contributed by atoms with Crippen LogP contribution in [0.15, 0.2) is 64.8 Å². The molecule has 2 atom stereocenters. The number of ether oxygens (including phenoxy) is 1. The zero-order valence-electron chi connectivity index (χ0n) is 11.8. The lowest BCUT2D eigenvalue weighted by Crippen LogP contribution is -2.24. The molecule has 0 fully saturated rings. The van der Waals surface area contributed by atoms with Gasteiger partial charge in [0, 0.05) is 11.5 Å². The smallest absolute Gasteiger partial charge is 0.190 e. The van der Waals surface area contributed by atoms with Gasteiger partial charge in [-0.05, 0) is 17.7 Å². The van der Waals surface area contributed by atoms with Gasteiger partial charge in [-0.15, -0.1) is 0 Å². The lowest BCUT2D eigenvalue weighted by molar-refractivity contribution is 0.0955. The lowest BCUT2D eigenvalue weighted by atomic mass is 9.88. The minimum absolute atomic E-state index is 0.0102. The normalized spacial score (nSPS) is 20.4. The van der Waals surface area contributed by atoms with Crippen molar-refractivity contribution in [3.8, 4) is 5.75 Å². The van der Waals surface area contributed by atoms with Gasteiger partial charge in [-0.3, -0.25) is 4.79 Å². The van der Waals surface area contributed by atoms with Gasteiger partial charge in [-0.25, -0.2) is 0 Å². The number of carbonyl (C=O) groups is 1. The molecule has 0 aliphatic carbocycles. The van der Waals surface area contributed by atoms with Crippen LogP contribution in [-0.2, 0) is 0 Å². The third kappa shape index (κ3) is 2.70. The topological polar surface area (TPSA) is 51.0 Å². The van der Waals surface area contributed by atoms with E-state index in [2.05, 4.69) is 10.2 Å². The second-order valence-corrected chi connectivity index (χ2v) is 5.00. The van der Waals surface area contributed by atoms with Crippen LogP contribution in [0.2, 0.25) is 0 Å². The summed E-state index contributed by atoms with van der Waals surface area (Å²) >= 11 is 0. The van der Waals surface area contributed by atoms with Crippen LogP contribution < -0.4 is 4.74 Å². The van der Waals surface area contributed by atoms with Crippen molar-refractivity contribution in [1.29, 1.82) is 0 Å². The van der Waals surface area contributed by atoms with E-state index in [0.29, 0.717) is 17.9 Å². The minimum atomic E-state index is -0.445. The van der Waals surface area contributed by atoms with Crippen LogP contribution in [0, 0.1) is 0 Å². The Morgan fingerprint density at radius 1 is 1.14 bits per heavy atom. The summed E-state index contributed by atoms with van der Waals surface area (Å²) in [4.78, 5) is 12.7. The molecule has 2 aromatic carbocycles. The maximum atomic E-state index is 12.7. The molecular weight excluding hydrogens is 264 g/mol. The van der Waals surface area contributed by atoms with Gasteiger partial charge < -0.3 is 4.74 Å². The van der Waals surface area contributed by atoms with E-state index in [1.54, 1.807) is 19.2 Å². The van der Waals surface area contributed by atoms with Crippen LogP contribution in [0.1, 0.15) is 21.8 Å². The first kappa shape index (κ1) is 13.5. The number of nitrogens with zero attached hydrogens (tertiary/aromatic N) is 2. The zero-order valence-corrected chi connectivity index (χ0v) is 11.8. The van der Waals surface area contributed by atoms with Gasteiger partial charge in [0.25, 0.3) is 0 Å². The summed E-state index contributed by atoms with van der Waals surface area (Å²) in [5, 5.41) is 8.24. The molecule has 1 aliphatic heterocycles. The largest absolute Gasteiger partial charge is 0.497 e. The van der Waals surface area contributed by atoms with Crippen molar-refractivity contribution in [2.45, 2.75) is 12.0 Å². The molecule has 0 spiro atoms. The molecule has 1 heterocycles. The molecular formula is C17H16N2O2. The van der Waals surface area contributed by atoms with Crippen molar-refractivity contribution < 1.29 is 9.53 Å². The molecule has 21 heavy (non-hydrogen) atoms. The number of ketones is 1. The molecule has 0 amide bonds. The second-order valence-electron chi connectivity index (χ2n) is 5.00. The Bertz CT molecular complexity index is 668. The van der Waals surface area contributed by atoms with Gasteiger partial charge in [0.1, 0.15) is 11.8 Å². The van der Waals surface area contributed by atoms with E-state index in [9.17, 15) is 4.79 Å². The number of azo groups is 1. The van der Waals surface area contributed by atoms with Crippen LogP contribution in [0.3, 0.4) is 0 Å². The van der Waals surface area contributed by atoms with Crippen molar-refractivity contribution in [2.75, 3.05) is 13.7 Å². The van der Waals surface area contributed by atoms with Crippen LogP contribution in [0.5, 0.6) is 5.75 Å². The Morgan fingerprint density at radius 2 is 1.95 bits per heavy atom. The van der Waals surface area contributed by atoms with E-state index >= 15 is 0 Å². The summed E-state index contributed by atoms with van der Waals surface area (Å²) in [7, 11) is 1.59. The number of hydrogen-bond donors (Lipinski definition) is 0. The third-order valence-electron chi connectivity index (χ3n) is 3.72. The van der Waals surface area contributed by atoms with Crippen LogP contribution in [-0.4, -0.2) is 25.5 Å². The number of benzene rings is 2. The van der Waals surface area contributed by atoms with E-state index in [-0.39, 0.29) is 11.7 Å². The second kappa shape index (κ2) is 5.87. The van der Waals surface area contributed by atoms with Gasteiger partial charge in [-0.2, -0.15) is 10.2 Å². The summed E-state index contributed by atoms with van der Waals surface area (Å²) in [6, 6.07) is 16.7. The Kier molecular flexibility index (Phi) is 3.77. The predicted molar refractivity (Wildman–Crippen MR) is 80.0 cm³/mol. The van der Waals surface area contributed by atoms with Gasteiger partial charge in [0.15, 0.2) is 5.78 Å². The van der Waals surface area contributed by atoms with E-state index in [1.807, 2.05) is 42.5 Å². The monoisotopic (exact) mass is 280 g/mol. The molecule has 3 rings (SSSR count). The number of carbonyl (C=O) groups excluding carboxylic acids is 1. The quantitative estimate of drug-likeness (QED) is 0.805. The fraction of sp³-hybridized carbons (Fsp3) is 0.235. The first-order valence-electron chi connectivity index (χ1n) is 6.89. The minimum Gasteiger partial charge on any atom is -0.497 e. The van der Waals surface area contributed by atoms with Gasteiger partial charge in [0.05, 0.1) is 13.7 Å². The van der Waals surface area contributed by atoms with E-state index in [1.165, 1.54) is 0 Å². The molecule has 0 saturated carbocycles. The van der Waals surface area contributed by atoms with Crippen molar-refractivity contribution >= 4 is 5.78 Å². The number of hydrogen-bond acceptors (Lipinski definition) is 4. The van der Waals surface area contributed by atoms with Crippen LogP contribution in [0.25, 0.3) is 0 Å². The first-order valence-corrected chi connectivity index (χ1v) is 6.89. The van der Waals surface area contributed by atoms with Crippen molar-refractivity contribution in [3.63, 3.8) is 0 Å². The molecule has 0 bridgehead atoms. The van der Waals surface area contributed by atoms with E-state index < -0.39 is 6.04 Å². The standard InChI is InChI=1S/C17H16N2O2/c1-21-14-9-5-8-13(10-14)17(20)16-15(11-18-19-16)12-6-3-2-4-7-12/h2-10,15-16H,11H2,1H3/t15-,16+/m1/s1. The molecule has 0 N–H and O–H groups in total. The fourth-order valence-electron chi connectivity index (χ4n) is 2.57. The Balaban J connectivity index is 1.88. The molecule has 0 saturated heterocycles. The van der Waals surface area contributed by atoms with Gasteiger partial charge >= 0.3 is 0 Å². The Labute approximate surface area is 123 Å². The molecule has 4 heteroatoms. The average molecular weight is 280 g/mol. The maximum Gasteiger partial charge on any atom is 0.190 e. The summed E-state index contributed by atoms with van der Waals surface area (Å²) in [5.74, 6) is 0.681. The molecule has 0 unspecified atom stereocenters. The molecule has 4 nitrogen and oxygen atoms in total. The van der Waals surface area contributed by atoms with Crippen molar-refractivity contribution in [2.24, 2.45) is 10.2 Å². The molecule has 2 aromatic rings. The third-order valence-corrected chi connectivity index (χ3v) is 3.72. The highest BCUT2D eigenvalue weighted by molar-refractivity contribution is 6.01. The summed E-state index contributed by atoms with van der Waals surface area (Å²) in [6.07, 6.45) is 0. The summed E-state index contributed by atoms with van der Waals surface area (Å²) in [6.45, 7) is 0.560. The summed E-state index contributed by atoms with van der Waals surface area (Å²) < 4.78 is 5.17. The molecule has 0 aromatic heterocycles. The molecule has 106 valence electrons.